The molecule has 2 N–H and O–H groups in total. The highest BCUT2D eigenvalue weighted by Crippen LogP contribution is 2.71. The van der Waals surface area contributed by atoms with E-state index >= 15 is 0 Å². The van der Waals surface area contributed by atoms with Crippen molar-refractivity contribution in [3.05, 3.63) is 35.9 Å². The van der Waals surface area contributed by atoms with E-state index in [-0.39, 0.29) is 22.3 Å². The molecule has 0 radical (unpaired) electrons. The summed E-state index contributed by atoms with van der Waals surface area (Å²) in [6.45, 7) is 8.95. The first-order valence-electron chi connectivity index (χ1n) is 11.9. The third kappa shape index (κ3) is 3.07. The predicted molar refractivity (Wildman–Crippen MR) is 118 cm³/mol. The Morgan fingerprint density at radius 2 is 1.90 bits per heavy atom. The van der Waals surface area contributed by atoms with Crippen LogP contribution in [0.4, 0.5) is 0 Å². The Balaban J connectivity index is 1.48. The quantitative estimate of drug-likeness (QED) is 0.769. The molecule has 6 rings (SSSR count). The van der Waals surface area contributed by atoms with Gasteiger partial charge in [-0.05, 0) is 79.2 Å². The highest BCUT2D eigenvalue weighted by molar-refractivity contribution is 5.84. The number of benzene rings is 1. The van der Waals surface area contributed by atoms with Crippen LogP contribution >= 0.6 is 0 Å². The maximum atomic E-state index is 14.0. The van der Waals surface area contributed by atoms with E-state index in [1.54, 1.807) is 0 Å². The molecule has 1 aromatic rings. The largest absolute Gasteiger partial charge is 0.352 e. The molecule has 3 nitrogen and oxygen atoms in total. The van der Waals surface area contributed by atoms with E-state index in [2.05, 4.69) is 61.7 Å². The third-order valence-electron chi connectivity index (χ3n) is 9.24. The van der Waals surface area contributed by atoms with Crippen molar-refractivity contribution in [2.75, 3.05) is 13.1 Å². The van der Waals surface area contributed by atoms with E-state index in [1.807, 2.05) is 0 Å². The van der Waals surface area contributed by atoms with Crippen molar-refractivity contribution in [1.82, 2.24) is 10.6 Å². The Labute approximate surface area is 176 Å². The van der Waals surface area contributed by atoms with Gasteiger partial charge in [0, 0.05) is 12.6 Å². The molecule has 4 saturated carbocycles. The molecule has 1 amide bonds. The van der Waals surface area contributed by atoms with E-state index in [1.165, 1.54) is 31.2 Å². The average Bonchev–Trinajstić information content (AvgIpc) is 2.69. The van der Waals surface area contributed by atoms with Crippen molar-refractivity contribution in [3.63, 3.8) is 0 Å². The summed E-state index contributed by atoms with van der Waals surface area (Å²) in [6.07, 6.45) is 9.44. The van der Waals surface area contributed by atoms with Gasteiger partial charge in [-0.1, -0.05) is 57.5 Å². The molecule has 29 heavy (non-hydrogen) atoms. The minimum atomic E-state index is -0.160. The van der Waals surface area contributed by atoms with Crippen LogP contribution < -0.4 is 10.6 Å². The normalized spacial score (nSPS) is 42.6. The van der Waals surface area contributed by atoms with Crippen LogP contribution in [0.1, 0.15) is 77.7 Å². The fourth-order valence-electron chi connectivity index (χ4n) is 8.15. The van der Waals surface area contributed by atoms with Crippen molar-refractivity contribution >= 4 is 5.91 Å². The number of carbonyl (C=O) groups excluding carboxylic acids is 1. The summed E-state index contributed by atoms with van der Waals surface area (Å²) in [5, 5.41) is 7.10. The Hall–Kier alpha value is -1.35. The van der Waals surface area contributed by atoms with Crippen molar-refractivity contribution in [3.8, 4) is 0 Å². The number of carbonyl (C=O) groups is 1. The van der Waals surface area contributed by atoms with Crippen LogP contribution in [-0.4, -0.2) is 25.0 Å². The minimum Gasteiger partial charge on any atom is -0.352 e. The van der Waals surface area contributed by atoms with Gasteiger partial charge in [0.15, 0.2) is 0 Å². The van der Waals surface area contributed by atoms with Crippen LogP contribution in [0.2, 0.25) is 0 Å². The zero-order chi connectivity index (χ0) is 20.3. The SMILES string of the molecule is CCC12CC3CC(C(=O)NC4CCNCC4(C)C)(C1)C[C@@](c1ccccc1)(C3)C2. The van der Waals surface area contributed by atoms with Gasteiger partial charge in [-0.25, -0.2) is 0 Å². The van der Waals surface area contributed by atoms with Gasteiger partial charge in [0.2, 0.25) is 5.91 Å². The number of piperidine rings is 1. The standard InChI is InChI=1S/C26H38N2O/c1-4-24-12-19-13-25(15-24,20-8-6-5-7-9-20)17-26(14-19,16-24)22(29)28-21-10-11-27-18-23(21,2)3/h5-9,19,21,27H,4,10-18H2,1-3H3,(H,28,29)/t19?,21?,24?,25-,26?/m1/s1. The molecule has 1 saturated heterocycles. The molecule has 0 aromatic heterocycles. The van der Waals surface area contributed by atoms with Gasteiger partial charge in [-0.15, -0.1) is 0 Å². The first kappa shape index (κ1) is 19.6. The lowest BCUT2D eigenvalue weighted by molar-refractivity contribution is -0.164. The molecule has 5 fully saturated rings. The number of amides is 1. The second-order valence-electron chi connectivity index (χ2n) is 11.8. The second kappa shape index (κ2) is 6.57. The molecular formula is C26H38N2O. The maximum Gasteiger partial charge on any atom is 0.226 e. The van der Waals surface area contributed by atoms with E-state index < -0.39 is 0 Å². The van der Waals surface area contributed by atoms with E-state index in [0.29, 0.717) is 17.2 Å². The molecule has 158 valence electrons. The van der Waals surface area contributed by atoms with Gasteiger partial charge in [-0.3, -0.25) is 4.79 Å². The zero-order valence-electron chi connectivity index (χ0n) is 18.5. The predicted octanol–water partition coefficient (Wildman–Crippen LogP) is 4.81. The summed E-state index contributed by atoms with van der Waals surface area (Å²) in [5.74, 6) is 1.08. The molecule has 4 unspecified atom stereocenters. The van der Waals surface area contributed by atoms with Crippen LogP contribution in [0.15, 0.2) is 30.3 Å². The summed E-state index contributed by atoms with van der Waals surface area (Å²) < 4.78 is 0. The minimum absolute atomic E-state index is 0.121. The molecule has 4 aliphatic carbocycles. The van der Waals surface area contributed by atoms with Crippen molar-refractivity contribution in [2.24, 2.45) is 22.2 Å². The summed E-state index contributed by atoms with van der Waals surface area (Å²) >= 11 is 0. The maximum absolute atomic E-state index is 14.0. The van der Waals surface area contributed by atoms with Crippen LogP contribution in [-0.2, 0) is 10.2 Å². The Morgan fingerprint density at radius 1 is 1.10 bits per heavy atom. The molecule has 5 aliphatic rings. The van der Waals surface area contributed by atoms with Crippen molar-refractivity contribution < 1.29 is 4.79 Å². The van der Waals surface area contributed by atoms with Crippen molar-refractivity contribution in [1.29, 1.82) is 0 Å². The Kier molecular flexibility index (Phi) is 4.44. The molecule has 4 bridgehead atoms. The number of rotatable bonds is 4. The number of hydrogen-bond acceptors (Lipinski definition) is 2. The van der Waals surface area contributed by atoms with E-state index in [4.69, 9.17) is 0 Å². The Bertz CT molecular complexity index is 789. The Morgan fingerprint density at radius 3 is 2.62 bits per heavy atom. The molecule has 1 aromatic carbocycles. The first-order chi connectivity index (χ1) is 13.8. The first-order valence-corrected chi connectivity index (χ1v) is 11.9. The zero-order valence-corrected chi connectivity index (χ0v) is 18.5. The lowest BCUT2D eigenvalue weighted by Crippen LogP contribution is -2.64. The van der Waals surface area contributed by atoms with Gasteiger partial charge >= 0.3 is 0 Å². The monoisotopic (exact) mass is 394 g/mol. The lowest BCUT2D eigenvalue weighted by atomic mass is 9.38. The summed E-state index contributed by atoms with van der Waals surface area (Å²) in [4.78, 5) is 14.0. The van der Waals surface area contributed by atoms with Gasteiger partial charge < -0.3 is 10.6 Å². The van der Waals surface area contributed by atoms with Crippen LogP contribution in [0.3, 0.4) is 0 Å². The molecule has 1 aliphatic heterocycles. The number of nitrogens with one attached hydrogen (secondary N) is 2. The van der Waals surface area contributed by atoms with Gasteiger partial charge in [-0.2, -0.15) is 0 Å². The molecular weight excluding hydrogens is 356 g/mol. The smallest absolute Gasteiger partial charge is 0.226 e. The highest BCUT2D eigenvalue weighted by atomic mass is 16.2. The van der Waals surface area contributed by atoms with Gasteiger partial charge in [0.05, 0.1) is 5.41 Å². The van der Waals surface area contributed by atoms with E-state index in [0.717, 1.165) is 38.8 Å². The van der Waals surface area contributed by atoms with Crippen molar-refractivity contribution in [2.45, 2.75) is 83.6 Å². The fraction of sp³-hybridized carbons (Fsp3) is 0.731. The summed E-state index contributed by atoms with van der Waals surface area (Å²) in [5.41, 5.74) is 2.01. The molecule has 1 heterocycles. The lowest BCUT2D eigenvalue weighted by Gasteiger charge is -2.66. The van der Waals surface area contributed by atoms with Gasteiger partial charge in [0.25, 0.3) is 0 Å². The van der Waals surface area contributed by atoms with Gasteiger partial charge in [0.1, 0.15) is 0 Å². The topological polar surface area (TPSA) is 41.1 Å². The second-order valence-corrected chi connectivity index (χ2v) is 11.8. The average molecular weight is 395 g/mol. The highest BCUT2D eigenvalue weighted by Gasteiger charge is 2.65. The van der Waals surface area contributed by atoms with Crippen LogP contribution in [0.25, 0.3) is 0 Å². The summed E-state index contributed by atoms with van der Waals surface area (Å²) in [7, 11) is 0. The third-order valence-corrected chi connectivity index (χ3v) is 9.24. The van der Waals surface area contributed by atoms with Crippen LogP contribution in [0.5, 0.6) is 0 Å². The summed E-state index contributed by atoms with van der Waals surface area (Å²) in [6, 6.07) is 11.5. The molecule has 5 atom stereocenters. The van der Waals surface area contributed by atoms with E-state index in [9.17, 15) is 4.79 Å². The molecule has 0 spiro atoms. The number of hydrogen-bond donors (Lipinski definition) is 2. The van der Waals surface area contributed by atoms with Crippen LogP contribution in [0, 0.1) is 22.2 Å². The molecule has 3 heteroatoms. The fourth-order valence-corrected chi connectivity index (χ4v) is 8.15.